The van der Waals surface area contributed by atoms with Crippen LogP contribution < -0.4 is 15.6 Å². The number of nitrogens with zero attached hydrogens (tertiary/aromatic N) is 3. The van der Waals surface area contributed by atoms with Crippen molar-refractivity contribution in [2.45, 2.75) is 82.7 Å². The number of anilines is 1. The Labute approximate surface area is 317 Å². The number of nitrogens with one attached hydrogen (secondary N) is 2. The van der Waals surface area contributed by atoms with Gasteiger partial charge in [-0.15, -0.1) is 0 Å². The van der Waals surface area contributed by atoms with E-state index in [1.54, 1.807) is 25.5 Å². The van der Waals surface area contributed by atoms with E-state index in [0.29, 0.717) is 0 Å². The summed E-state index contributed by atoms with van der Waals surface area (Å²) in [5.41, 5.74) is 1.44. The van der Waals surface area contributed by atoms with Gasteiger partial charge in [0.1, 0.15) is 23.6 Å². The smallest absolute Gasteiger partial charge is 0.280 e. The van der Waals surface area contributed by atoms with Crippen molar-refractivity contribution in [3.8, 4) is 5.75 Å². The molecule has 0 unspecified atom stereocenters. The second kappa shape index (κ2) is 15.6. The largest absolute Gasteiger partial charge is 0.497 e. The number of methoxy groups -OCH3 is 1. The van der Waals surface area contributed by atoms with Crippen molar-refractivity contribution in [2.75, 3.05) is 25.6 Å². The number of hydrogen-bond acceptors (Lipinski definition) is 9. The van der Waals surface area contributed by atoms with Gasteiger partial charge in [-0.2, -0.15) is 4.98 Å². The second-order valence-electron chi connectivity index (χ2n) is 15.6. The summed E-state index contributed by atoms with van der Waals surface area (Å²) >= 11 is 0. The molecule has 3 aromatic carbocycles. The summed E-state index contributed by atoms with van der Waals surface area (Å²) in [6, 6.07) is 27.2. The van der Waals surface area contributed by atoms with E-state index in [-0.39, 0.29) is 47.2 Å². The zero-order valence-electron chi connectivity index (χ0n) is 32.2. The highest BCUT2D eigenvalue weighted by molar-refractivity contribution is 6.74. The molecular weight excluding hydrogens is 703 g/mol. The number of aromatic nitrogens is 4. The molecule has 4 atom stereocenters. The highest BCUT2D eigenvalue weighted by Crippen LogP contribution is 2.44. The Morgan fingerprint density at radius 1 is 1.00 bits per heavy atom. The van der Waals surface area contributed by atoms with Gasteiger partial charge in [-0.1, -0.05) is 107 Å². The van der Waals surface area contributed by atoms with Gasteiger partial charge in [0.05, 0.1) is 38.8 Å². The Morgan fingerprint density at radius 2 is 1.59 bits per heavy atom. The summed E-state index contributed by atoms with van der Waals surface area (Å²) in [5, 5.41) is 14.9. The molecule has 0 aliphatic carbocycles. The number of aliphatic hydroxyl groups is 1. The van der Waals surface area contributed by atoms with Crippen LogP contribution in [0.1, 0.15) is 57.4 Å². The maximum atomic E-state index is 13.1. The fraction of sp³-hybridized carbons (Fsp3) is 0.415. The number of amides is 1. The number of hydrogen-bond donors (Lipinski definition) is 3. The third-order valence-electron chi connectivity index (χ3n) is 10.7. The number of H-pyrrole nitrogens is 1. The minimum absolute atomic E-state index is 0.00897. The fourth-order valence-corrected chi connectivity index (χ4v) is 7.85. The van der Waals surface area contributed by atoms with Crippen LogP contribution in [-0.4, -0.2) is 77.5 Å². The number of carbonyl (C=O) groups excluding carboxylic acids is 1. The average Bonchev–Trinajstić information content (AvgIpc) is 3.58. The van der Waals surface area contributed by atoms with Crippen molar-refractivity contribution in [3.63, 3.8) is 0 Å². The van der Waals surface area contributed by atoms with Gasteiger partial charge in [-0.25, -0.2) is 4.98 Å². The van der Waals surface area contributed by atoms with E-state index in [9.17, 15) is 14.7 Å². The zero-order chi connectivity index (χ0) is 38.8. The van der Waals surface area contributed by atoms with E-state index in [2.05, 4.69) is 54.1 Å². The van der Waals surface area contributed by atoms with Gasteiger partial charge >= 0.3 is 0 Å². The van der Waals surface area contributed by atoms with Crippen molar-refractivity contribution in [2.24, 2.45) is 5.92 Å². The molecule has 13 heteroatoms. The molecule has 1 fully saturated rings. The molecule has 1 aliphatic rings. The second-order valence-corrected chi connectivity index (χ2v) is 20.4. The lowest BCUT2D eigenvalue weighted by Crippen LogP contribution is -2.58. The lowest BCUT2D eigenvalue weighted by atomic mass is 9.80. The minimum Gasteiger partial charge on any atom is -0.497 e. The lowest BCUT2D eigenvalue weighted by Gasteiger charge is -2.47. The Kier molecular flexibility index (Phi) is 11.3. The number of ether oxygens (including phenoxy) is 3. The van der Waals surface area contributed by atoms with E-state index < -0.39 is 43.8 Å². The third-order valence-corrected chi connectivity index (χ3v) is 15.2. The molecule has 2 aromatic heterocycles. The van der Waals surface area contributed by atoms with Crippen LogP contribution in [0.15, 0.2) is 96.1 Å². The first-order valence-electron chi connectivity index (χ1n) is 18.3. The van der Waals surface area contributed by atoms with Crippen LogP contribution in [0, 0.1) is 5.92 Å². The van der Waals surface area contributed by atoms with E-state index in [1.165, 1.54) is 6.33 Å². The van der Waals surface area contributed by atoms with E-state index in [4.69, 9.17) is 18.6 Å². The summed E-state index contributed by atoms with van der Waals surface area (Å²) in [6.07, 6.45) is -1.23. The van der Waals surface area contributed by atoms with Crippen molar-refractivity contribution < 1.29 is 28.5 Å². The highest BCUT2D eigenvalue weighted by Gasteiger charge is 2.49. The number of fused-ring (bicyclic) bond motifs is 1. The molecule has 0 saturated carbocycles. The first kappa shape index (κ1) is 39.0. The molecular formula is C41H51N5O7Si. The van der Waals surface area contributed by atoms with E-state index >= 15 is 0 Å². The van der Waals surface area contributed by atoms with Gasteiger partial charge in [-0.05, 0) is 47.0 Å². The van der Waals surface area contributed by atoms with Crippen LogP contribution in [0.2, 0.25) is 18.1 Å². The van der Waals surface area contributed by atoms with Crippen LogP contribution in [0.3, 0.4) is 0 Å². The molecule has 1 aliphatic heterocycles. The number of aromatic amines is 1. The first-order chi connectivity index (χ1) is 25.7. The Morgan fingerprint density at radius 3 is 2.15 bits per heavy atom. The normalized spacial score (nSPS) is 19.6. The summed E-state index contributed by atoms with van der Waals surface area (Å²) in [4.78, 5) is 37.2. The van der Waals surface area contributed by atoms with Crippen molar-refractivity contribution in [1.29, 1.82) is 0 Å². The summed E-state index contributed by atoms with van der Waals surface area (Å²) in [5.74, 6) is 0.106. The zero-order valence-corrected chi connectivity index (χ0v) is 33.2. The first-order valence-corrected chi connectivity index (χ1v) is 21.2. The quantitative estimate of drug-likeness (QED) is 0.0969. The fourth-order valence-electron chi connectivity index (χ4n) is 6.52. The third kappa shape index (κ3) is 7.64. The standard InChI is InChI=1S/C41H51N5O7Si/c1-26(2)37(48)44-39-43-36-33(38(49)45-39)42-25-46(36)31-23-51-32(34(47)35(31)53-54(7,8)40(3,4)5)24-52-41(27-15-11-9-12-16-27,28-17-13-10-14-18-28)29-19-21-30(50-6)22-20-29/h9-22,25-26,31-32,34-35,47H,23-24H2,1-8H3,(H2,43,44,45,48,49)/t31-,32-,34-,35-/m1/s1. The predicted molar refractivity (Wildman–Crippen MR) is 210 cm³/mol. The molecule has 1 saturated heterocycles. The van der Waals surface area contributed by atoms with Gasteiger partial charge in [0, 0.05) is 5.92 Å². The van der Waals surface area contributed by atoms with Gasteiger partial charge < -0.3 is 28.3 Å². The van der Waals surface area contributed by atoms with Crippen molar-refractivity contribution >= 4 is 31.3 Å². The number of carbonyl (C=O) groups is 1. The Hall–Kier alpha value is -4.66. The van der Waals surface area contributed by atoms with E-state index in [0.717, 1.165) is 22.4 Å². The van der Waals surface area contributed by atoms with Gasteiger partial charge in [0.15, 0.2) is 19.5 Å². The molecule has 1 amide bonds. The molecule has 3 N–H and O–H groups in total. The molecule has 12 nitrogen and oxygen atoms in total. The molecule has 5 aromatic rings. The maximum absolute atomic E-state index is 13.1. The van der Waals surface area contributed by atoms with Crippen molar-refractivity contribution in [3.05, 3.63) is 118 Å². The molecule has 0 spiro atoms. The Bertz CT molecular complexity index is 2060. The van der Waals surface area contributed by atoms with Gasteiger partial charge in [-0.3, -0.25) is 19.9 Å². The predicted octanol–water partition coefficient (Wildman–Crippen LogP) is 6.42. The molecule has 3 heterocycles. The minimum atomic E-state index is -2.52. The average molecular weight is 754 g/mol. The molecule has 54 heavy (non-hydrogen) atoms. The Balaban J connectivity index is 1.40. The van der Waals surface area contributed by atoms with Crippen LogP contribution in [-0.2, 0) is 24.3 Å². The monoisotopic (exact) mass is 753 g/mol. The van der Waals surface area contributed by atoms with Crippen LogP contribution >= 0.6 is 0 Å². The van der Waals surface area contributed by atoms with E-state index in [1.807, 2.05) is 84.9 Å². The number of aliphatic hydroxyl groups excluding tert-OH is 1. The number of imidazole rings is 1. The van der Waals surface area contributed by atoms with Crippen molar-refractivity contribution in [1.82, 2.24) is 19.5 Å². The van der Waals surface area contributed by atoms with Crippen LogP contribution in [0.25, 0.3) is 11.2 Å². The summed E-state index contributed by atoms with van der Waals surface area (Å²) < 4.78 is 27.9. The molecule has 6 rings (SSSR count). The highest BCUT2D eigenvalue weighted by atomic mass is 28.4. The lowest BCUT2D eigenvalue weighted by molar-refractivity contribution is -0.181. The number of rotatable bonds is 12. The maximum Gasteiger partial charge on any atom is 0.280 e. The van der Waals surface area contributed by atoms with Crippen LogP contribution in [0.4, 0.5) is 5.95 Å². The van der Waals surface area contributed by atoms with Crippen LogP contribution in [0.5, 0.6) is 5.75 Å². The molecule has 0 bridgehead atoms. The molecule has 0 radical (unpaired) electrons. The molecule has 286 valence electrons. The van der Waals surface area contributed by atoms with Gasteiger partial charge in [0.25, 0.3) is 5.56 Å². The number of benzene rings is 3. The SMILES string of the molecule is COc1ccc(C(OC[C@H]2OC[C@@H](n3cnc4c(=O)[nH]c(NC(=O)C(C)C)nc43)[C@@H](O[Si](C)(C)C(C)(C)C)[C@@H]2O)(c2ccccc2)c2ccccc2)cc1. The summed E-state index contributed by atoms with van der Waals surface area (Å²) in [6.45, 7) is 14.3. The topological polar surface area (TPSA) is 150 Å². The summed E-state index contributed by atoms with van der Waals surface area (Å²) in [7, 11) is -0.882. The van der Waals surface area contributed by atoms with Gasteiger partial charge in [0.2, 0.25) is 11.9 Å².